The third-order valence-corrected chi connectivity index (χ3v) is 6.51. The molecule has 0 unspecified atom stereocenters. The molecule has 1 aliphatic heterocycles. The molecule has 2 aromatic rings. The first-order valence-corrected chi connectivity index (χ1v) is 11.8. The van der Waals surface area contributed by atoms with Crippen LogP contribution in [-0.4, -0.2) is 52.5 Å². The Labute approximate surface area is 211 Å². The zero-order valence-corrected chi connectivity index (χ0v) is 20.7. The van der Waals surface area contributed by atoms with Gasteiger partial charge >= 0.3 is 12.1 Å². The molecule has 11 heteroatoms. The van der Waals surface area contributed by atoms with Crippen LogP contribution in [0.3, 0.4) is 0 Å². The van der Waals surface area contributed by atoms with Crippen LogP contribution in [0.2, 0.25) is 0 Å². The Hall–Kier alpha value is -3.63. The van der Waals surface area contributed by atoms with Crippen molar-refractivity contribution in [3.63, 3.8) is 0 Å². The first-order valence-electron chi connectivity index (χ1n) is 11.8. The Morgan fingerprint density at radius 3 is 2.14 bits per heavy atom. The zero-order valence-electron chi connectivity index (χ0n) is 20.7. The number of hydrogen-bond donors (Lipinski definition) is 3. The lowest BCUT2D eigenvalue weighted by molar-refractivity contribution is -0.138. The molecular weight excluding hydrogens is 494 g/mol. The van der Waals surface area contributed by atoms with Crippen molar-refractivity contribution in [3.8, 4) is 0 Å². The number of rotatable bonds is 7. The number of anilines is 1. The van der Waals surface area contributed by atoms with Crippen molar-refractivity contribution >= 4 is 23.5 Å². The van der Waals surface area contributed by atoms with Gasteiger partial charge in [-0.2, -0.15) is 13.2 Å². The van der Waals surface area contributed by atoms with Crippen LogP contribution in [0, 0.1) is 11.7 Å². The molecule has 200 valence electrons. The van der Waals surface area contributed by atoms with Crippen LogP contribution in [0.5, 0.6) is 0 Å². The van der Waals surface area contributed by atoms with E-state index in [0.717, 1.165) is 5.69 Å². The minimum Gasteiger partial charge on any atom is -0.478 e. The number of hydrogen-bond acceptors (Lipinski definition) is 4. The van der Waals surface area contributed by atoms with Gasteiger partial charge in [0.05, 0.1) is 16.7 Å². The molecule has 7 nitrogen and oxygen atoms in total. The van der Waals surface area contributed by atoms with E-state index in [1.54, 1.807) is 30.9 Å². The van der Waals surface area contributed by atoms with Gasteiger partial charge in [0.1, 0.15) is 11.9 Å². The number of carboxylic acid groups (broad SMARTS) is 1. The maximum Gasteiger partial charge on any atom is 0.416 e. The van der Waals surface area contributed by atoms with E-state index >= 15 is 0 Å². The fourth-order valence-electron chi connectivity index (χ4n) is 4.20. The second-order valence-electron chi connectivity index (χ2n) is 9.78. The van der Waals surface area contributed by atoms with Gasteiger partial charge in [-0.05, 0) is 68.1 Å². The smallest absolute Gasteiger partial charge is 0.416 e. The molecule has 0 saturated carbocycles. The number of carboxylic acids is 1. The van der Waals surface area contributed by atoms with E-state index in [-0.39, 0.29) is 11.1 Å². The van der Waals surface area contributed by atoms with Crippen molar-refractivity contribution in [2.75, 3.05) is 18.4 Å². The average molecular weight is 524 g/mol. The number of aromatic carboxylic acids is 1. The fourth-order valence-corrected chi connectivity index (χ4v) is 4.20. The summed E-state index contributed by atoms with van der Waals surface area (Å²) in [6.07, 6.45) is -3.64. The number of alkyl halides is 3. The van der Waals surface area contributed by atoms with Gasteiger partial charge in [-0.25, -0.2) is 9.18 Å². The van der Waals surface area contributed by atoms with Gasteiger partial charge < -0.3 is 20.6 Å². The van der Waals surface area contributed by atoms with Crippen molar-refractivity contribution in [2.24, 2.45) is 5.92 Å². The average Bonchev–Trinajstić information content (AvgIpc) is 2.82. The predicted molar refractivity (Wildman–Crippen MR) is 129 cm³/mol. The Balaban J connectivity index is 1.66. The lowest BCUT2D eigenvalue weighted by Gasteiger charge is -2.42. The minimum absolute atomic E-state index is 0.169. The number of carbonyl (C=O) groups excluding carboxylic acids is 2. The Morgan fingerprint density at radius 1 is 1.03 bits per heavy atom. The van der Waals surface area contributed by atoms with Crippen LogP contribution in [-0.2, 0) is 11.0 Å². The van der Waals surface area contributed by atoms with Crippen molar-refractivity contribution in [1.82, 2.24) is 10.2 Å². The summed E-state index contributed by atoms with van der Waals surface area (Å²) in [5.74, 6) is -4.03. The van der Waals surface area contributed by atoms with Crippen LogP contribution in [0.25, 0.3) is 0 Å². The van der Waals surface area contributed by atoms with Crippen LogP contribution in [0.1, 0.15) is 59.9 Å². The number of nitrogens with one attached hydrogen (secondary N) is 2. The summed E-state index contributed by atoms with van der Waals surface area (Å²) in [4.78, 5) is 38.5. The monoisotopic (exact) mass is 523 g/mol. The normalized spacial score (nSPS) is 16.3. The molecule has 1 saturated heterocycles. The molecule has 0 aromatic heterocycles. The molecule has 37 heavy (non-hydrogen) atoms. The second kappa shape index (κ2) is 10.8. The second-order valence-corrected chi connectivity index (χ2v) is 9.78. The molecule has 2 amide bonds. The molecule has 0 aliphatic carbocycles. The molecule has 1 aliphatic rings. The molecule has 1 atom stereocenters. The molecule has 1 fully saturated rings. The largest absolute Gasteiger partial charge is 0.478 e. The van der Waals surface area contributed by atoms with Crippen molar-refractivity contribution < 1.29 is 37.1 Å². The maximum absolute atomic E-state index is 14.2. The topological polar surface area (TPSA) is 98.7 Å². The Morgan fingerprint density at radius 2 is 1.62 bits per heavy atom. The molecule has 0 bridgehead atoms. The van der Waals surface area contributed by atoms with E-state index in [4.69, 9.17) is 5.11 Å². The van der Waals surface area contributed by atoms with E-state index in [1.165, 1.54) is 12.1 Å². The van der Waals surface area contributed by atoms with E-state index in [9.17, 15) is 31.9 Å². The van der Waals surface area contributed by atoms with Crippen LogP contribution >= 0.6 is 0 Å². The van der Waals surface area contributed by atoms with E-state index < -0.39 is 52.9 Å². The standard InChI is InChI=1S/C26H29F4N3O4/c1-15(2)21(31-22(34)19-14-17(26(28,29)30)6-9-20(19)27)23(35)33-12-10-25(3,11-13-33)32-18-7-4-16(5-8-18)24(36)37/h4-9,14-15,21,32H,10-13H2,1-3H3,(H,31,34)(H,36,37)/t21-/m1/s1. The maximum atomic E-state index is 14.2. The summed E-state index contributed by atoms with van der Waals surface area (Å²) < 4.78 is 53.3. The Bertz CT molecular complexity index is 1160. The number of benzene rings is 2. The molecule has 0 spiro atoms. The molecule has 2 aromatic carbocycles. The quantitative estimate of drug-likeness (QED) is 0.454. The minimum atomic E-state index is -4.75. The van der Waals surface area contributed by atoms with Crippen molar-refractivity contribution in [2.45, 2.75) is 51.4 Å². The van der Waals surface area contributed by atoms with Gasteiger partial charge in [0.25, 0.3) is 5.91 Å². The summed E-state index contributed by atoms with van der Waals surface area (Å²) in [6, 6.07) is 6.85. The SMILES string of the molecule is CC(C)[C@@H](NC(=O)c1cc(C(F)(F)F)ccc1F)C(=O)N1CCC(C)(Nc2ccc(C(=O)O)cc2)CC1. The summed E-state index contributed by atoms with van der Waals surface area (Å²) >= 11 is 0. The van der Waals surface area contributed by atoms with Gasteiger partial charge in [-0.15, -0.1) is 0 Å². The van der Waals surface area contributed by atoms with Gasteiger partial charge in [0.15, 0.2) is 0 Å². The third kappa shape index (κ3) is 6.78. The number of halogens is 4. The van der Waals surface area contributed by atoms with Gasteiger partial charge in [-0.3, -0.25) is 9.59 Å². The number of amides is 2. The summed E-state index contributed by atoms with van der Waals surface area (Å²) in [5, 5.41) is 14.8. The molecule has 0 radical (unpaired) electrons. The lowest BCUT2D eigenvalue weighted by Crippen LogP contribution is -2.56. The Kier molecular flexibility index (Phi) is 8.14. The highest BCUT2D eigenvalue weighted by molar-refractivity contribution is 5.98. The van der Waals surface area contributed by atoms with Crippen molar-refractivity contribution in [1.29, 1.82) is 0 Å². The van der Waals surface area contributed by atoms with Gasteiger partial charge in [0.2, 0.25) is 5.91 Å². The summed E-state index contributed by atoms with van der Waals surface area (Å²) in [6.45, 7) is 6.06. The van der Waals surface area contributed by atoms with Crippen molar-refractivity contribution in [3.05, 3.63) is 65.0 Å². The first-order chi connectivity index (χ1) is 17.2. The van der Waals surface area contributed by atoms with Crippen LogP contribution in [0.15, 0.2) is 42.5 Å². The molecule has 3 rings (SSSR count). The number of carbonyl (C=O) groups is 3. The number of likely N-dealkylation sites (tertiary alicyclic amines) is 1. The number of nitrogens with zero attached hydrogens (tertiary/aromatic N) is 1. The third-order valence-electron chi connectivity index (χ3n) is 6.51. The predicted octanol–water partition coefficient (Wildman–Crippen LogP) is 4.79. The van der Waals surface area contributed by atoms with E-state index in [0.29, 0.717) is 44.1 Å². The van der Waals surface area contributed by atoms with E-state index in [2.05, 4.69) is 10.6 Å². The number of piperidine rings is 1. The summed E-state index contributed by atoms with van der Waals surface area (Å²) in [5.41, 5.74) is -1.41. The molecule has 1 heterocycles. The fraction of sp³-hybridized carbons (Fsp3) is 0.423. The van der Waals surface area contributed by atoms with Crippen LogP contribution < -0.4 is 10.6 Å². The first kappa shape index (κ1) is 27.9. The van der Waals surface area contributed by atoms with Gasteiger partial charge in [0, 0.05) is 24.3 Å². The van der Waals surface area contributed by atoms with Gasteiger partial charge in [-0.1, -0.05) is 13.8 Å². The highest BCUT2D eigenvalue weighted by Crippen LogP contribution is 2.31. The highest BCUT2D eigenvalue weighted by atomic mass is 19.4. The molecular formula is C26H29F4N3O4. The summed E-state index contributed by atoms with van der Waals surface area (Å²) in [7, 11) is 0. The lowest BCUT2D eigenvalue weighted by atomic mass is 9.88. The van der Waals surface area contributed by atoms with Crippen LogP contribution in [0.4, 0.5) is 23.2 Å². The highest BCUT2D eigenvalue weighted by Gasteiger charge is 2.37. The van der Waals surface area contributed by atoms with E-state index in [1.807, 2.05) is 6.92 Å². The molecule has 3 N–H and O–H groups in total. The zero-order chi connectivity index (χ0) is 27.5.